The van der Waals surface area contributed by atoms with Crippen LogP contribution in [-0.4, -0.2) is 30.5 Å². The molecule has 1 amide bonds. The number of nitrogens with one attached hydrogen (secondary N) is 1. The maximum Gasteiger partial charge on any atom is 0.436 e. The molecule has 0 bridgehead atoms. The summed E-state index contributed by atoms with van der Waals surface area (Å²) in [4.78, 5) is 16.3. The van der Waals surface area contributed by atoms with Gasteiger partial charge in [0.25, 0.3) is 5.91 Å². The minimum Gasteiger partial charge on any atom is -0.288 e. The molecule has 0 atom stereocenters. The summed E-state index contributed by atoms with van der Waals surface area (Å²) in [5.41, 5.74) is 0.670. The molecule has 0 fully saturated rings. The van der Waals surface area contributed by atoms with Crippen molar-refractivity contribution in [3.63, 3.8) is 0 Å². The van der Waals surface area contributed by atoms with Crippen LogP contribution in [0.1, 0.15) is 27.3 Å². The van der Waals surface area contributed by atoms with Crippen molar-refractivity contribution in [3.8, 4) is 0 Å². The SMILES string of the molecule is Cc1ccc(Cn2cnc(NC(=O)c3c(Br)c(C(F)(F)F)nn3C)n2)cc1. The summed E-state index contributed by atoms with van der Waals surface area (Å²) in [6.45, 7) is 2.42. The van der Waals surface area contributed by atoms with Gasteiger partial charge in [-0.1, -0.05) is 29.8 Å². The average Bonchev–Trinajstić information content (AvgIpc) is 3.13. The summed E-state index contributed by atoms with van der Waals surface area (Å²) >= 11 is 2.80. The summed E-state index contributed by atoms with van der Waals surface area (Å²) in [7, 11) is 1.25. The number of halogens is 4. The molecular weight excluding hydrogens is 429 g/mol. The monoisotopic (exact) mass is 442 g/mol. The molecule has 0 saturated heterocycles. The van der Waals surface area contributed by atoms with E-state index in [-0.39, 0.29) is 11.6 Å². The van der Waals surface area contributed by atoms with Crippen LogP contribution in [0.4, 0.5) is 19.1 Å². The van der Waals surface area contributed by atoms with Gasteiger partial charge in [-0.15, -0.1) is 5.10 Å². The average molecular weight is 443 g/mol. The van der Waals surface area contributed by atoms with Crippen LogP contribution in [0.3, 0.4) is 0 Å². The number of carbonyl (C=O) groups excluding carboxylic acids is 1. The van der Waals surface area contributed by atoms with Gasteiger partial charge in [0, 0.05) is 7.05 Å². The van der Waals surface area contributed by atoms with Crippen LogP contribution in [0.25, 0.3) is 0 Å². The van der Waals surface area contributed by atoms with Crippen LogP contribution in [0, 0.1) is 6.92 Å². The molecule has 0 radical (unpaired) electrons. The first-order valence-electron chi connectivity index (χ1n) is 7.71. The van der Waals surface area contributed by atoms with Crippen LogP contribution in [-0.2, 0) is 19.8 Å². The van der Waals surface area contributed by atoms with E-state index in [4.69, 9.17) is 0 Å². The maximum atomic E-state index is 12.9. The van der Waals surface area contributed by atoms with Gasteiger partial charge in [-0.25, -0.2) is 9.67 Å². The number of anilines is 1. The normalized spacial score (nSPS) is 11.6. The lowest BCUT2D eigenvalue weighted by molar-refractivity contribution is -0.142. The topological polar surface area (TPSA) is 77.6 Å². The first kappa shape index (κ1) is 19.1. The van der Waals surface area contributed by atoms with Crippen molar-refractivity contribution in [3.05, 3.63) is 57.6 Å². The van der Waals surface area contributed by atoms with Gasteiger partial charge < -0.3 is 0 Å². The van der Waals surface area contributed by atoms with Gasteiger partial charge in [-0.05, 0) is 28.4 Å². The zero-order valence-electron chi connectivity index (χ0n) is 14.3. The van der Waals surface area contributed by atoms with Gasteiger partial charge in [0.2, 0.25) is 5.95 Å². The molecule has 0 aliphatic heterocycles. The smallest absolute Gasteiger partial charge is 0.288 e. The summed E-state index contributed by atoms with van der Waals surface area (Å²) in [6.07, 6.45) is -3.25. The molecule has 2 aromatic heterocycles. The molecule has 11 heteroatoms. The van der Waals surface area contributed by atoms with Crippen LogP contribution >= 0.6 is 15.9 Å². The predicted octanol–water partition coefficient (Wildman–Crippen LogP) is 3.40. The molecule has 0 spiro atoms. The summed E-state index contributed by atoms with van der Waals surface area (Å²) in [5, 5.41) is 9.84. The zero-order chi connectivity index (χ0) is 19.8. The Morgan fingerprint density at radius 1 is 1.22 bits per heavy atom. The van der Waals surface area contributed by atoms with Crippen molar-refractivity contribution in [1.29, 1.82) is 0 Å². The number of amides is 1. The number of hydrogen-bond donors (Lipinski definition) is 1. The molecule has 2 heterocycles. The van der Waals surface area contributed by atoms with E-state index < -0.39 is 22.3 Å². The lowest BCUT2D eigenvalue weighted by Crippen LogP contribution is -2.17. The molecule has 0 saturated carbocycles. The van der Waals surface area contributed by atoms with Crippen molar-refractivity contribution >= 4 is 27.8 Å². The van der Waals surface area contributed by atoms with Crippen LogP contribution < -0.4 is 5.32 Å². The fourth-order valence-electron chi connectivity index (χ4n) is 2.40. The third-order valence-electron chi connectivity index (χ3n) is 3.70. The summed E-state index contributed by atoms with van der Waals surface area (Å²) in [5.74, 6) is -0.825. The van der Waals surface area contributed by atoms with Crippen molar-refractivity contribution in [2.24, 2.45) is 7.05 Å². The molecule has 27 heavy (non-hydrogen) atoms. The maximum absolute atomic E-state index is 12.9. The number of aryl methyl sites for hydroxylation is 2. The highest BCUT2D eigenvalue weighted by atomic mass is 79.9. The molecule has 7 nitrogen and oxygen atoms in total. The molecule has 0 unspecified atom stereocenters. The Kier molecular flexibility index (Phi) is 5.05. The Morgan fingerprint density at radius 2 is 1.89 bits per heavy atom. The van der Waals surface area contributed by atoms with Gasteiger partial charge in [-0.2, -0.15) is 18.3 Å². The Bertz CT molecular complexity index is 977. The second-order valence-electron chi connectivity index (χ2n) is 5.84. The second-order valence-corrected chi connectivity index (χ2v) is 6.63. The van der Waals surface area contributed by atoms with Gasteiger partial charge >= 0.3 is 6.18 Å². The first-order valence-corrected chi connectivity index (χ1v) is 8.50. The van der Waals surface area contributed by atoms with Crippen molar-refractivity contribution < 1.29 is 18.0 Å². The lowest BCUT2D eigenvalue weighted by atomic mass is 10.1. The fraction of sp³-hybridized carbons (Fsp3) is 0.250. The number of hydrogen-bond acceptors (Lipinski definition) is 4. The van der Waals surface area contributed by atoms with E-state index in [1.807, 2.05) is 31.2 Å². The third-order valence-corrected chi connectivity index (χ3v) is 4.45. The van der Waals surface area contributed by atoms with E-state index in [9.17, 15) is 18.0 Å². The van der Waals surface area contributed by atoms with Gasteiger partial charge in [0.05, 0.1) is 11.0 Å². The van der Waals surface area contributed by atoms with E-state index in [0.29, 0.717) is 6.54 Å². The molecule has 1 aromatic carbocycles. The highest BCUT2D eigenvalue weighted by Crippen LogP contribution is 2.35. The Morgan fingerprint density at radius 3 is 2.48 bits per heavy atom. The number of benzene rings is 1. The summed E-state index contributed by atoms with van der Waals surface area (Å²) in [6, 6.07) is 7.82. The zero-order valence-corrected chi connectivity index (χ0v) is 15.8. The molecule has 3 aromatic rings. The van der Waals surface area contributed by atoms with E-state index in [2.05, 4.69) is 36.4 Å². The number of rotatable bonds is 4. The van der Waals surface area contributed by atoms with Crippen molar-refractivity contribution in [1.82, 2.24) is 24.5 Å². The molecule has 142 valence electrons. The Labute approximate surface area is 160 Å². The summed E-state index contributed by atoms with van der Waals surface area (Å²) < 4.78 is 40.6. The van der Waals surface area contributed by atoms with Crippen molar-refractivity contribution in [2.75, 3.05) is 5.32 Å². The molecule has 1 N–H and O–H groups in total. The molecule has 0 aliphatic rings. The number of alkyl halides is 3. The minimum absolute atomic E-state index is 0.0197. The number of aromatic nitrogens is 5. The Hall–Kier alpha value is -2.69. The number of nitrogens with zero attached hydrogens (tertiary/aromatic N) is 5. The predicted molar refractivity (Wildman–Crippen MR) is 94.2 cm³/mol. The number of carbonyl (C=O) groups is 1. The van der Waals surface area contributed by atoms with E-state index >= 15 is 0 Å². The second kappa shape index (κ2) is 7.14. The minimum atomic E-state index is -4.68. The van der Waals surface area contributed by atoms with E-state index in [1.54, 1.807) is 0 Å². The van der Waals surface area contributed by atoms with E-state index in [0.717, 1.165) is 15.8 Å². The quantitative estimate of drug-likeness (QED) is 0.671. The standard InChI is InChI=1S/C16H14BrF3N6O/c1-9-3-5-10(6-4-9)7-26-8-21-15(24-26)22-14(27)12-11(17)13(16(18,19)20)23-25(12)2/h3-6,8H,7H2,1-2H3,(H,22,24,27). The van der Waals surface area contributed by atoms with Crippen molar-refractivity contribution in [2.45, 2.75) is 19.6 Å². The van der Waals surface area contributed by atoms with E-state index in [1.165, 1.54) is 18.1 Å². The highest BCUT2D eigenvalue weighted by molar-refractivity contribution is 9.10. The lowest BCUT2D eigenvalue weighted by Gasteiger charge is -2.03. The largest absolute Gasteiger partial charge is 0.436 e. The Balaban J connectivity index is 1.75. The van der Waals surface area contributed by atoms with Crippen LogP contribution in [0.2, 0.25) is 0 Å². The molecule has 3 rings (SSSR count). The third kappa shape index (κ3) is 4.18. The van der Waals surface area contributed by atoms with Crippen LogP contribution in [0.5, 0.6) is 0 Å². The van der Waals surface area contributed by atoms with Gasteiger partial charge in [0.15, 0.2) is 5.69 Å². The van der Waals surface area contributed by atoms with Gasteiger partial charge in [0.1, 0.15) is 12.0 Å². The van der Waals surface area contributed by atoms with Crippen LogP contribution in [0.15, 0.2) is 35.1 Å². The van der Waals surface area contributed by atoms with Gasteiger partial charge in [-0.3, -0.25) is 14.8 Å². The fourth-order valence-corrected chi connectivity index (χ4v) is 3.14. The first-order chi connectivity index (χ1) is 12.6. The highest BCUT2D eigenvalue weighted by Gasteiger charge is 2.39. The molecular formula is C16H14BrF3N6O. The molecule has 0 aliphatic carbocycles.